The summed E-state index contributed by atoms with van der Waals surface area (Å²) in [6.45, 7) is 5.14. The monoisotopic (exact) mass is 215 g/mol. The number of thiophene rings is 1. The molecule has 0 atom stereocenters. The van der Waals surface area contributed by atoms with Crippen molar-refractivity contribution in [3.63, 3.8) is 0 Å². The van der Waals surface area contributed by atoms with Gasteiger partial charge in [-0.15, -0.1) is 11.3 Å². The molecule has 0 fully saturated rings. The van der Waals surface area contributed by atoms with Crippen LogP contribution in [0.4, 0.5) is 0 Å². The highest BCUT2D eigenvalue weighted by molar-refractivity contribution is 7.16. The average molecular weight is 216 g/mol. The van der Waals surface area contributed by atoms with Crippen molar-refractivity contribution >= 4 is 22.9 Å². The molecule has 1 aliphatic carbocycles. The summed E-state index contributed by atoms with van der Waals surface area (Å²) < 4.78 is 0.903. The Balaban J connectivity index is 2.60. The Morgan fingerprint density at radius 1 is 1.54 bits per heavy atom. The molecule has 1 heterocycles. The number of halogens is 1. The molecule has 1 aromatic heterocycles. The van der Waals surface area contributed by atoms with Gasteiger partial charge in [-0.05, 0) is 29.4 Å². The number of hydrogen-bond acceptors (Lipinski definition) is 2. The van der Waals surface area contributed by atoms with Crippen LogP contribution in [-0.4, -0.2) is 0 Å². The van der Waals surface area contributed by atoms with Crippen LogP contribution >= 0.6 is 22.9 Å². The zero-order valence-electron chi connectivity index (χ0n) is 7.98. The SMILES string of the molecule is CC1(C)CCc2sc(Cl)c(CN)c21. The molecule has 13 heavy (non-hydrogen) atoms. The molecule has 2 rings (SSSR count). The van der Waals surface area contributed by atoms with E-state index in [1.54, 1.807) is 11.3 Å². The number of hydrogen-bond donors (Lipinski definition) is 1. The molecule has 2 N–H and O–H groups in total. The van der Waals surface area contributed by atoms with Gasteiger partial charge in [0.2, 0.25) is 0 Å². The van der Waals surface area contributed by atoms with E-state index in [0.29, 0.717) is 6.54 Å². The fourth-order valence-electron chi connectivity index (χ4n) is 2.18. The van der Waals surface area contributed by atoms with E-state index < -0.39 is 0 Å². The van der Waals surface area contributed by atoms with Gasteiger partial charge in [-0.1, -0.05) is 25.4 Å². The van der Waals surface area contributed by atoms with Crippen LogP contribution in [0.15, 0.2) is 0 Å². The normalized spacial score (nSPS) is 19.1. The molecule has 0 radical (unpaired) electrons. The van der Waals surface area contributed by atoms with E-state index in [-0.39, 0.29) is 5.41 Å². The van der Waals surface area contributed by atoms with Gasteiger partial charge in [-0.2, -0.15) is 0 Å². The third-order valence-electron chi connectivity index (χ3n) is 2.89. The molecule has 0 amide bonds. The summed E-state index contributed by atoms with van der Waals surface area (Å²) in [6, 6.07) is 0. The maximum atomic E-state index is 6.13. The van der Waals surface area contributed by atoms with Crippen LogP contribution in [0.1, 0.15) is 36.3 Å². The minimum Gasteiger partial charge on any atom is -0.326 e. The van der Waals surface area contributed by atoms with Gasteiger partial charge < -0.3 is 5.73 Å². The quantitative estimate of drug-likeness (QED) is 0.766. The number of fused-ring (bicyclic) bond motifs is 1. The summed E-state index contributed by atoms with van der Waals surface area (Å²) in [5.41, 5.74) is 8.62. The summed E-state index contributed by atoms with van der Waals surface area (Å²) in [5.74, 6) is 0. The first-order chi connectivity index (χ1) is 6.06. The second-order valence-corrected chi connectivity index (χ2v) is 5.95. The van der Waals surface area contributed by atoms with Crippen molar-refractivity contribution < 1.29 is 0 Å². The van der Waals surface area contributed by atoms with E-state index in [4.69, 9.17) is 17.3 Å². The number of nitrogens with two attached hydrogens (primary N) is 1. The maximum absolute atomic E-state index is 6.13. The molecule has 0 aromatic carbocycles. The van der Waals surface area contributed by atoms with Gasteiger partial charge in [0.15, 0.2) is 0 Å². The Labute approximate surface area is 87.9 Å². The summed E-state index contributed by atoms with van der Waals surface area (Å²) in [6.07, 6.45) is 2.41. The van der Waals surface area contributed by atoms with Gasteiger partial charge in [0.1, 0.15) is 0 Å². The third-order valence-corrected chi connectivity index (χ3v) is 4.43. The molecule has 72 valence electrons. The first-order valence-corrected chi connectivity index (χ1v) is 5.76. The Bertz CT molecular complexity index is 341. The van der Waals surface area contributed by atoms with Crippen LogP contribution < -0.4 is 5.73 Å². The lowest BCUT2D eigenvalue weighted by Gasteiger charge is -2.19. The van der Waals surface area contributed by atoms with Gasteiger partial charge in [-0.25, -0.2) is 0 Å². The van der Waals surface area contributed by atoms with Crippen molar-refractivity contribution in [3.8, 4) is 0 Å². The van der Waals surface area contributed by atoms with E-state index in [1.807, 2.05) is 0 Å². The smallest absolute Gasteiger partial charge is 0.0979 e. The van der Waals surface area contributed by atoms with Crippen molar-refractivity contribution in [1.82, 2.24) is 0 Å². The highest BCUT2D eigenvalue weighted by Gasteiger charge is 2.34. The summed E-state index contributed by atoms with van der Waals surface area (Å²) in [5, 5.41) is 0. The fourth-order valence-corrected chi connectivity index (χ4v) is 3.86. The lowest BCUT2D eigenvalue weighted by atomic mass is 9.85. The maximum Gasteiger partial charge on any atom is 0.0979 e. The molecule has 0 saturated carbocycles. The van der Waals surface area contributed by atoms with Crippen molar-refractivity contribution in [2.75, 3.05) is 0 Å². The largest absolute Gasteiger partial charge is 0.326 e. The Kier molecular flexibility index (Phi) is 2.17. The van der Waals surface area contributed by atoms with Gasteiger partial charge in [-0.3, -0.25) is 0 Å². The van der Waals surface area contributed by atoms with Crippen molar-refractivity contribution in [2.24, 2.45) is 5.73 Å². The highest BCUT2D eigenvalue weighted by atomic mass is 35.5. The topological polar surface area (TPSA) is 26.0 Å². The zero-order chi connectivity index (χ0) is 9.64. The van der Waals surface area contributed by atoms with E-state index in [2.05, 4.69) is 13.8 Å². The zero-order valence-corrected chi connectivity index (χ0v) is 9.56. The average Bonchev–Trinajstić information content (AvgIpc) is 2.50. The minimum absolute atomic E-state index is 0.285. The van der Waals surface area contributed by atoms with Gasteiger partial charge in [0.25, 0.3) is 0 Å². The Morgan fingerprint density at radius 2 is 2.23 bits per heavy atom. The van der Waals surface area contributed by atoms with Crippen LogP contribution in [0.3, 0.4) is 0 Å². The molecule has 3 heteroatoms. The van der Waals surface area contributed by atoms with Gasteiger partial charge in [0, 0.05) is 11.4 Å². The first-order valence-electron chi connectivity index (χ1n) is 4.57. The predicted molar refractivity (Wildman–Crippen MR) is 58.6 cm³/mol. The predicted octanol–water partition coefficient (Wildman–Crippen LogP) is 3.08. The molecule has 0 spiro atoms. The fraction of sp³-hybridized carbons (Fsp3) is 0.600. The van der Waals surface area contributed by atoms with Crippen molar-refractivity contribution in [1.29, 1.82) is 0 Å². The van der Waals surface area contributed by atoms with Crippen LogP contribution in [0, 0.1) is 0 Å². The third kappa shape index (κ3) is 1.32. The first kappa shape index (κ1) is 9.50. The van der Waals surface area contributed by atoms with Crippen LogP contribution in [0.2, 0.25) is 4.34 Å². The number of rotatable bonds is 1. The molecular formula is C10H14ClNS. The molecule has 0 saturated heterocycles. The summed E-state index contributed by atoms with van der Waals surface area (Å²) in [4.78, 5) is 1.45. The van der Waals surface area contributed by atoms with E-state index in [1.165, 1.54) is 28.8 Å². The Hall–Kier alpha value is -0.0500. The van der Waals surface area contributed by atoms with E-state index >= 15 is 0 Å². The second kappa shape index (κ2) is 2.97. The van der Waals surface area contributed by atoms with Gasteiger partial charge in [0.05, 0.1) is 4.34 Å². The molecule has 1 aliphatic rings. The highest BCUT2D eigenvalue weighted by Crippen LogP contribution is 2.47. The minimum atomic E-state index is 0.285. The van der Waals surface area contributed by atoms with E-state index in [0.717, 1.165) is 4.34 Å². The van der Waals surface area contributed by atoms with Crippen molar-refractivity contribution in [3.05, 3.63) is 20.3 Å². The Morgan fingerprint density at radius 3 is 2.85 bits per heavy atom. The second-order valence-electron chi connectivity index (χ2n) is 4.24. The van der Waals surface area contributed by atoms with Gasteiger partial charge >= 0.3 is 0 Å². The van der Waals surface area contributed by atoms with Crippen LogP contribution in [0.5, 0.6) is 0 Å². The molecule has 0 bridgehead atoms. The van der Waals surface area contributed by atoms with Crippen molar-refractivity contribution in [2.45, 2.75) is 38.6 Å². The van der Waals surface area contributed by atoms with E-state index in [9.17, 15) is 0 Å². The molecular weight excluding hydrogens is 202 g/mol. The summed E-state index contributed by atoms with van der Waals surface area (Å²) in [7, 11) is 0. The van der Waals surface area contributed by atoms with Crippen LogP contribution in [0.25, 0.3) is 0 Å². The van der Waals surface area contributed by atoms with Crippen LogP contribution in [-0.2, 0) is 18.4 Å². The lowest BCUT2D eigenvalue weighted by Crippen LogP contribution is -2.15. The molecule has 0 aliphatic heterocycles. The summed E-state index contributed by atoms with van der Waals surface area (Å²) >= 11 is 7.84. The number of aryl methyl sites for hydroxylation is 1. The lowest BCUT2D eigenvalue weighted by molar-refractivity contribution is 0.518. The standard InChI is InChI=1S/C10H14ClNS/c1-10(2)4-3-7-8(10)6(5-12)9(11)13-7/h3-5,12H2,1-2H3. The molecule has 1 aromatic rings. The molecule has 0 unspecified atom stereocenters. The molecule has 1 nitrogen and oxygen atoms in total.